The summed E-state index contributed by atoms with van der Waals surface area (Å²) < 4.78 is 5.06. The quantitative estimate of drug-likeness (QED) is 0.414. The molecule has 0 saturated carbocycles. The van der Waals surface area contributed by atoms with E-state index in [4.69, 9.17) is 33.5 Å². The second kappa shape index (κ2) is 8.59. The van der Waals surface area contributed by atoms with Gasteiger partial charge < -0.3 is 15.6 Å². The SMILES string of the molecule is Cc1cc(CN=C(N)NC(C)c2ccc(Cl)cc2Cl)on1.I. The Kier molecular flexibility index (Phi) is 7.44. The van der Waals surface area contributed by atoms with Crippen molar-refractivity contribution in [3.05, 3.63) is 51.3 Å². The smallest absolute Gasteiger partial charge is 0.189 e. The second-order valence-electron chi connectivity index (χ2n) is 4.67. The number of aromatic nitrogens is 1. The molecule has 0 fully saturated rings. The van der Waals surface area contributed by atoms with E-state index in [-0.39, 0.29) is 30.0 Å². The van der Waals surface area contributed by atoms with Crippen LogP contribution in [0.3, 0.4) is 0 Å². The van der Waals surface area contributed by atoms with E-state index in [9.17, 15) is 0 Å². The average Bonchev–Trinajstić information content (AvgIpc) is 2.82. The summed E-state index contributed by atoms with van der Waals surface area (Å²) in [7, 11) is 0. The van der Waals surface area contributed by atoms with E-state index in [2.05, 4.69) is 15.5 Å². The lowest BCUT2D eigenvalue weighted by Gasteiger charge is -2.16. The first-order chi connectivity index (χ1) is 9.95. The molecule has 0 radical (unpaired) electrons. The van der Waals surface area contributed by atoms with Crippen LogP contribution < -0.4 is 11.1 Å². The molecule has 0 aliphatic rings. The van der Waals surface area contributed by atoms with Gasteiger partial charge in [0.25, 0.3) is 0 Å². The fraction of sp³-hybridized carbons (Fsp3) is 0.286. The first kappa shape index (κ1) is 19.1. The first-order valence-corrected chi connectivity index (χ1v) is 7.15. The molecule has 8 heteroatoms. The number of hydrogen-bond donors (Lipinski definition) is 2. The molecule has 5 nitrogen and oxygen atoms in total. The highest BCUT2D eigenvalue weighted by atomic mass is 127. The zero-order chi connectivity index (χ0) is 15.4. The lowest BCUT2D eigenvalue weighted by molar-refractivity contribution is 0.381. The van der Waals surface area contributed by atoms with Crippen LogP contribution in [-0.4, -0.2) is 11.1 Å². The zero-order valence-electron chi connectivity index (χ0n) is 12.1. The van der Waals surface area contributed by atoms with E-state index in [1.54, 1.807) is 12.1 Å². The number of halogens is 3. The van der Waals surface area contributed by atoms with Gasteiger partial charge in [0.1, 0.15) is 6.54 Å². The Morgan fingerprint density at radius 1 is 1.41 bits per heavy atom. The van der Waals surface area contributed by atoms with Crippen LogP contribution in [0.25, 0.3) is 0 Å². The van der Waals surface area contributed by atoms with Crippen LogP contribution in [0.1, 0.15) is 30.0 Å². The van der Waals surface area contributed by atoms with Crippen LogP contribution in [0.5, 0.6) is 0 Å². The standard InChI is InChI=1S/C14H16Cl2N4O.HI/c1-8-5-11(21-20-8)7-18-14(17)19-9(2)12-4-3-10(15)6-13(12)16;/h3-6,9H,7H2,1-2H3,(H3,17,18,19);1H. The van der Waals surface area contributed by atoms with Crippen LogP contribution in [0, 0.1) is 6.92 Å². The number of hydrogen-bond acceptors (Lipinski definition) is 3. The van der Waals surface area contributed by atoms with Gasteiger partial charge in [-0.25, -0.2) is 4.99 Å². The van der Waals surface area contributed by atoms with Crippen LogP contribution in [0.2, 0.25) is 10.0 Å². The Labute approximate surface area is 156 Å². The molecule has 0 aliphatic carbocycles. The van der Waals surface area contributed by atoms with Gasteiger partial charge in [-0.2, -0.15) is 0 Å². The monoisotopic (exact) mass is 454 g/mol. The number of nitrogens with two attached hydrogens (primary N) is 1. The molecule has 22 heavy (non-hydrogen) atoms. The van der Waals surface area contributed by atoms with E-state index in [1.165, 1.54) is 0 Å². The van der Waals surface area contributed by atoms with Gasteiger partial charge in [-0.05, 0) is 31.5 Å². The number of nitrogens with zero attached hydrogens (tertiary/aromatic N) is 2. The maximum absolute atomic E-state index is 6.16. The van der Waals surface area contributed by atoms with Crippen LogP contribution >= 0.6 is 47.2 Å². The number of aryl methyl sites for hydroxylation is 1. The van der Waals surface area contributed by atoms with Crippen LogP contribution in [0.4, 0.5) is 0 Å². The third-order valence-electron chi connectivity index (χ3n) is 2.88. The molecule has 1 heterocycles. The summed E-state index contributed by atoms with van der Waals surface area (Å²) >= 11 is 12.0. The molecule has 0 aliphatic heterocycles. The molecule has 120 valence electrons. The molecule has 2 aromatic rings. The number of guanidine groups is 1. The van der Waals surface area contributed by atoms with Crippen LogP contribution in [0.15, 0.2) is 33.8 Å². The Morgan fingerprint density at radius 2 is 2.14 bits per heavy atom. The van der Waals surface area contributed by atoms with Crippen molar-refractivity contribution in [2.75, 3.05) is 0 Å². The van der Waals surface area contributed by atoms with Crippen molar-refractivity contribution < 1.29 is 4.52 Å². The van der Waals surface area contributed by atoms with Gasteiger partial charge in [0, 0.05) is 16.1 Å². The molecule has 0 amide bonds. The van der Waals surface area contributed by atoms with Crippen LogP contribution in [-0.2, 0) is 6.54 Å². The van der Waals surface area contributed by atoms with Crippen molar-refractivity contribution in [3.8, 4) is 0 Å². The minimum absolute atomic E-state index is 0. The highest BCUT2D eigenvalue weighted by Crippen LogP contribution is 2.25. The Bertz CT molecular complexity index is 660. The number of nitrogens with one attached hydrogen (secondary N) is 1. The Hall–Kier alpha value is -0.990. The Morgan fingerprint density at radius 3 is 2.73 bits per heavy atom. The molecule has 1 atom stereocenters. The summed E-state index contributed by atoms with van der Waals surface area (Å²) in [5, 5.41) is 8.04. The number of aliphatic imine (C=N–C) groups is 1. The third kappa shape index (κ3) is 5.33. The molecule has 3 N–H and O–H groups in total. The van der Waals surface area contributed by atoms with E-state index < -0.39 is 0 Å². The topological polar surface area (TPSA) is 76.4 Å². The fourth-order valence-electron chi connectivity index (χ4n) is 1.85. The van der Waals surface area contributed by atoms with Crippen molar-refractivity contribution in [3.63, 3.8) is 0 Å². The lowest BCUT2D eigenvalue weighted by atomic mass is 10.1. The van der Waals surface area contributed by atoms with Gasteiger partial charge in [0.2, 0.25) is 0 Å². The fourth-order valence-corrected chi connectivity index (χ4v) is 2.42. The van der Waals surface area contributed by atoms with E-state index in [0.717, 1.165) is 11.3 Å². The van der Waals surface area contributed by atoms with Crippen molar-refractivity contribution >= 4 is 53.1 Å². The summed E-state index contributed by atoms with van der Waals surface area (Å²) in [5.41, 5.74) is 7.57. The normalized spacial score (nSPS) is 12.6. The summed E-state index contributed by atoms with van der Waals surface area (Å²) in [5.74, 6) is 0.969. The predicted molar refractivity (Wildman–Crippen MR) is 100.0 cm³/mol. The molecular formula is C14H17Cl2IN4O. The van der Waals surface area contributed by atoms with Crippen molar-refractivity contribution in [2.24, 2.45) is 10.7 Å². The molecule has 0 saturated heterocycles. The summed E-state index contributed by atoms with van der Waals surface area (Å²) in [6.45, 7) is 4.12. The van der Waals surface area contributed by atoms with Gasteiger partial charge in [-0.3, -0.25) is 0 Å². The van der Waals surface area contributed by atoms with Gasteiger partial charge in [-0.1, -0.05) is 34.4 Å². The second-order valence-corrected chi connectivity index (χ2v) is 5.51. The van der Waals surface area contributed by atoms with Crippen molar-refractivity contribution in [1.29, 1.82) is 0 Å². The Balaban J connectivity index is 0.00000242. The van der Waals surface area contributed by atoms with Gasteiger partial charge in [0.15, 0.2) is 11.7 Å². The minimum Gasteiger partial charge on any atom is -0.370 e. The van der Waals surface area contributed by atoms with Gasteiger partial charge in [0.05, 0.1) is 11.7 Å². The molecule has 1 unspecified atom stereocenters. The van der Waals surface area contributed by atoms with E-state index in [1.807, 2.05) is 26.0 Å². The predicted octanol–water partition coefficient (Wildman–Crippen LogP) is 4.07. The van der Waals surface area contributed by atoms with E-state index in [0.29, 0.717) is 28.3 Å². The molecule has 1 aromatic carbocycles. The third-order valence-corrected chi connectivity index (χ3v) is 3.44. The van der Waals surface area contributed by atoms with Gasteiger partial charge in [-0.15, -0.1) is 24.0 Å². The highest BCUT2D eigenvalue weighted by Gasteiger charge is 2.10. The molecule has 0 bridgehead atoms. The highest BCUT2D eigenvalue weighted by molar-refractivity contribution is 14.0. The molecule has 2 rings (SSSR count). The van der Waals surface area contributed by atoms with Gasteiger partial charge >= 0.3 is 0 Å². The first-order valence-electron chi connectivity index (χ1n) is 6.39. The largest absolute Gasteiger partial charge is 0.370 e. The number of rotatable bonds is 4. The van der Waals surface area contributed by atoms with Crippen molar-refractivity contribution in [1.82, 2.24) is 10.5 Å². The van der Waals surface area contributed by atoms with Crippen molar-refractivity contribution in [2.45, 2.75) is 26.4 Å². The summed E-state index contributed by atoms with van der Waals surface area (Å²) in [4.78, 5) is 4.20. The maximum Gasteiger partial charge on any atom is 0.189 e. The maximum atomic E-state index is 6.16. The molecule has 1 aromatic heterocycles. The summed E-state index contributed by atoms with van der Waals surface area (Å²) in [6, 6.07) is 7.06. The summed E-state index contributed by atoms with van der Waals surface area (Å²) in [6.07, 6.45) is 0. The minimum atomic E-state index is -0.0880. The number of benzene rings is 1. The average molecular weight is 455 g/mol. The lowest BCUT2D eigenvalue weighted by Crippen LogP contribution is -2.33. The molecular weight excluding hydrogens is 438 g/mol. The molecule has 0 spiro atoms. The zero-order valence-corrected chi connectivity index (χ0v) is 16.0. The van der Waals surface area contributed by atoms with E-state index >= 15 is 0 Å².